The van der Waals surface area contributed by atoms with E-state index in [1.54, 1.807) is 21.3 Å². The Hall–Kier alpha value is -3.59. The molecule has 5 atom stereocenters. The van der Waals surface area contributed by atoms with Gasteiger partial charge in [0, 0.05) is 32.2 Å². The number of methoxy groups -OCH3 is 3. The van der Waals surface area contributed by atoms with Crippen LogP contribution < -0.4 is 14.8 Å². The molecule has 11 nitrogen and oxygen atoms in total. The Bertz CT molecular complexity index is 1820. The molecule has 2 fully saturated rings. The number of carbonyl (C=O) groups is 1. The van der Waals surface area contributed by atoms with E-state index in [4.69, 9.17) is 32.7 Å². The van der Waals surface area contributed by atoms with Crippen molar-refractivity contribution in [1.29, 1.82) is 5.26 Å². The SMILES string of the molecule is COc1ccc(C(OC[C@H]2O[C@@H](CCCNC(=O)CCCCCCCCCCCCCC3CC3)[C@H](OC)[C@@H]2OP(OCCC#N)N(C(C)C)C(C)C)(c2ccccc2)c2ccc(OC)cc2)cc1. The van der Waals surface area contributed by atoms with Crippen LogP contribution in [0.2, 0.25) is 0 Å². The molecule has 1 aliphatic heterocycles. The summed E-state index contributed by atoms with van der Waals surface area (Å²) in [6.45, 7) is 9.42. The Labute approximate surface area is 411 Å². The minimum atomic E-state index is -1.64. The van der Waals surface area contributed by atoms with Gasteiger partial charge in [0.05, 0.1) is 46.0 Å². The van der Waals surface area contributed by atoms with E-state index in [2.05, 4.69) is 55.9 Å². The van der Waals surface area contributed by atoms with Crippen LogP contribution in [0.3, 0.4) is 0 Å². The number of ether oxygens (including phenoxy) is 5. The standard InChI is InChI=1S/C56H84N3O8P/c1-43(2)59(44(3)4)68(65-41-23-39-57)67-55-52(42-64-56(46-25-19-17-20-26-46,47-31-35-49(61-5)36-32-47)48-33-37-50(62-6)38-34-48)66-51(54(55)63-7)27-22-40-58-53(60)28-21-16-14-12-10-8-9-11-13-15-18-24-45-29-30-45/h17,19-20,25-26,31-38,43-45,51-52,54-55H,8-16,18,21-24,27-30,40-42H2,1-7H3,(H,58,60)/t51-,52+,54-,55+,68?/m0/s1. The zero-order valence-electron chi connectivity index (χ0n) is 42.5. The van der Waals surface area contributed by atoms with Gasteiger partial charge in [-0.2, -0.15) is 5.26 Å². The fourth-order valence-corrected chi connectivity index (χ4v) is 11.4. The van der Waals surface area contributed by atoms with Crippen LogP contribution in [0.1, 0.15) is 160 Å². The van der Waals surface area contributed by atoms with Gasteiger partial charge in [0.2, 0.25) is 5.91 Å². The van der Waals surface area contributed by atoms with E-state index in [1.165, 1.54) is 77.0 Å². The maximum atomic E-state index is 12.9. The zero-order valence-corrected chi connectivity index (χ0v) is 43.4. The molecule has 0 spiro atoms. The first-order valence-electron chi connectivity index (χ1n) is 25.8. The van der Waals surface area contributed by atoms with Crippen molar-refractivity contribution in [2.24, 2.45) is 5.92 Å². The van der Waals surface area contributed by atoms with Crippen molar-refractivity contribution in [2.75, 3.05) is 41.1 Å². The molecule has 3 aromatic carbocycles. The topological polar surface area (TPSA) is 121 Å². The van der Waals surface area contributed by atoms with Crippen LogP contribution in [0.25, 0.3) is 0 Å². The van der Waals surface area contributed by atoms with Crippen molar-refractivity contribution in [3.63, 3.8) is 0 Å². The highest BCUT2D eigenvalue weighted by Crippen LogP contribution is 2.50. The number of nitrogens with zero attached hydrogens (tertiary/aromatic N) is 2. The van der Waals surface area contributed by atoms with Crippen LogP contribution in [0, 0.1) is 17.2 Å². The molecular formula is C56H84N3O8P. The maximum Gasteiger partial charge on any atom is 0.259 e. The number of hydrogen-bond donors (Lipinski definition) is 1. The van der Waals surface area contributed by atoms with Crippen LogP contribution in [-0.4, -0.2) is 88.2 Å². The first-order valence-corrected chi connectivity index (χ1v) is 27.0. The molecular weight excluding hydrogens is 874 g/mol. The molecule has 5 rings (SSSR count). The molecule has 1 N–H and O–H groups in total. The van der Waals surface area contributed by atoms with Gasteiger partial charge in [-0.05, 0) is 93.8 Å². The Morgan fingerprint density at radius 3 is 1.78 bits per heavy atom. The molecule has 2 aliphatic rings. The van der Waals surface area contributed by atoms with Crippen molar-refractivity contribution < 1.29 is 37.5 Å². The summed E-state index contributed by atoms with van der Waals surface area (Å²) >= 11 is 0. The van der Waals surface area contributed by atoms with Crippen LogP contribution >= 0.6 is 8.53 Å². The van der Waals surface area contributed by atoms with E-state index in [1.807, 2.05) is 66.7 Å². The van der Waals surface area contributed by atoms with Gasteiger partial charge in [0.15, 0.2) is 0 Å². The van der Waals surface area contributed by atoms with Gasteiger partial charge in [-0.1, -0.05) is 138 Å². The second-order valence-corrected chi connectivity index (χ2v) is 20.6. The molecule has 0 bridgehead atoms. The maximum absolute atomic E-state index is 12.9. The fraction of sp³-hybridized carbons (Fsp3) is 0.643. The highest BCUT2D eigenvalue weighted by atomic mass is 31.2. The second kappa shape index (κ2) is 30.2. The van der Waals surface area contributed by atoms with Gasteiger partial charge < -0.3 is 38.0 Å². The third-order valence-corrected chi connectivity index (χ3v) is 15.5. The van der Waals surface area contributed by atoms with Crippen LogP contribution in [0.4, 0.5) is 0 Å². The number of carbonyl (C=O) groups excluding carboxylic acids is 1. The van der Waals surface area contributed by atoms with E-state index in [0.29, 0.717) is 25.8 Å². The number of rotatable bonds is 35. The molecule has 12 heteroatoms. The van der Waals surface area contributed by atoms with Gasteiger partial charge in [0.1, 0.15) is 35.4 Å². The third kappa shape index (κ3) is 17.1. The number of nitriles is 1. The lowest BCUT2D eigenvalue weighted by atomic mass is 9.80. The predicted octanol–water partition coefficient (Wildman–Crippen LogP) is 12.8. The molecule has 1 saturated carbocycles. The summed E-state index contributed by atoms with van der Waals surface area (Å²) in [4.78, 5) is 12.9. The number of amides is 1. The summed E-state index contributed by atoms with van der Waals surface area (Å²) in [5.74, 6) is 2.65. The van der Waals surface area contributed by atoms with E-state index in [-0.39, 0.29) is 43.7 Å². The van der Waals surface area contributed by atoms with Crippen molar-refractivity contribution in [1.82, 2.24) is 9.99 Å². The lowest BCUT2D eigenvalue weighted by Crippen LogP contribution is -2.43. The van der Waals surface area contributed by atoms with E-state index < -0.39 is 32.4 Å². The Balaban J connectivity index is 1.26. The number of nitrogens with one attached hydrogen (secondary N) is 1. The molecule has 68 heavy (non-hydrogen) atoms. The average molecular weight is 958 g/mol. The smallest absolute Gasteiger partial charge is 0.259 e. The van der Waals surface area contributed by atoms with Gasteiger partial charge in [0.25, 0.3) is 8.53 Å². The predicted molar refractivity (Wildman–Crippen MR) is 273 cm³/mol. The number of hydrogen-bond acceptors (Lipinski definition) is 10. The summed E-state index contributed by atoms with van der Waals surface area (Å²) in [6, 6.07) is 28.6. The minimum absolute atomic E-state index is 0.0990. The summed E-state index contributed by atoms with van der Waals surface area (Å²) in [5.41, 5.74) is 1.67. The molecule has 1 saturated heterocycles. The quantitative estimate of drug-likeness (QED) is 0.0346. The van der Waals surface area contributed by atoms with Crippen molar-refractivity contribution >= 4 is 14.4 Å². The monoisotopic (exact) mass is 958 g/mol. The van der Waals surface area contributed by atoms with Gasteiger partial charge in [-0.3, -0.25) is 4.79 Å². The summed E-state index contributed by atoms with van der Waals surface area (Å²) < 4.78 is 47.7. The van der Waals surface area contributed by atoms with E-state index >= 15 is 0 Å². The average Bonchev–Trinajstić information content (AvgIpc) is 4.12. The lowest BCUT2D eigenvalue weighted by molar-refractivity contribution is -0.121. The molecule has 1 amide bonds. The first-order chi connectivity index (χ1) is 33.1. The molecule has 1 unspecified atom stereocenters. The second-order valence-electron chi connectivity index (χ2n) is 19.2. The van der Waals surface area contributed by atoms with E-state index in [0.717, 1.165) is 46.9 Å². The van der Waals surface area contributed by atoms with Crippen LogP contribution in [-0.2, 0) is 33.7 Å². The lowest BCUT2D eigenvalue weighted by Gasteiger charge is -2.39. The number of benzene rings is 3. The molecule has 3 aromatic rings. The Morgan fingerprint density at radius 1 is 0.721 bits per heavy atom. The van der Waals surface area contributed by atoms with Gasteiger partial charge in [-0.15, -0.1) is 0 Å². The third-order valence-electron chi connectivity index (χ3n) is 13.4. The summed E-state index contributed by atoms with van der Waals surface area (Å²) in [5, 5.41) is 12.6. The molecule has 1 heterocycles. The molecule has 0 radical (unpaired) electrons. The van der Waals surface area contributed by atoms with Crippen molar-refractivity contribution in [3.05, 3.63) is 95.6 Å². The minimum Gasteiger partial charge on any atom is -0.497 e. The summed E-state index contributed by atoms with van der Waals surface area (Å²) in [6.07, 6.45) is 18.7. The zero-order chi connectivity index (χ0) is 48.6. The Morgan fingerprint density at radius 2 is 1.26 bits per heavy atom. The van der Waals surface area contributed by atoms with Crippen molar-refractivity contribution in [3.8, 4) is 17.6 Å². The van der Waals surface area contributed by atoms with Gasteiger partial charge in [-0.25, -0.2) is 4.67 Å². The summed E-state index contributed by atoms with van der Waals surface area (Å²) in [7, 11) is 3.38. The van der Waals surface area contributed by atoms with Crippen LogP contribution in [0.15, 0.2) is 78.9 Å². The van der Waals surface area contributed by atoms with E-state index in [9.17, 15) is 10.1 Å². The largest absolute Gasteiger partial charge is 0.497 e. The molecule has 376 valence electrons. The highest BCUT2D eigenvalue weighted by molar-refractivity contribution is 7.44. The molecule has 0 aromatic heterocycles. The first kappa shape index (κ1) is 55.3. The molecule has 1 aliphatic carbocycles. The normalized spacial score (nSPS) is 18.8. The number of unbranched alkanes of at least 4 members (excludes halogenated alkanes) is 10. The van der Waals surface area contributed by atoms with Crippen LogP contribution in [0.5, 0.6) is 11.5 Å². The highest BCUT2D eigenvalue weighted by Gasteiger charge is 2.50. The Kier molecular flexibility index (Phi) is 24.6. The van der Waals surface area contributed by atoms with Crippen molar-refractivity contribution in [2.45, 2.75) is 185 Å². The fourth-order valence-electron chi connectivity index (χ4n) is 9.60. The van der Waals surface area contributed by atoms with Gasteiger partial charge >= 0.3 is 0 Å².